The van der Waals surface area contributed by atoms with E-state index in [1.807, 2.05) is 6.07 Å². The molecule has 4 nitrogen and oxygen atoms in total. The highest BCUT2D eigenvalue weighted by Crippen LogP contribution is 2.19. The maximum atomic E-state index is 11.7. The molecule has 0 unspecified atom stereocenters. The first kappa shape index (κ1) is 11.6. The second-order valence-corrected chi connectivity index (χ2v) is 4.24. The number of hydrogen-bond donors (Lipinski definition) is 1. The highest BCUT2D eigenvalue weighted by molar-refractivity contribution is 9.10. The quantitative estimate of drug-likeness (QED) is 0.924. The van der Waals surface area contributed by atoms with Crippen LogP contribution in [-0.4, -0.2) is 15.6 Å². The molecule has 0 atom stereocenters. The van der Waals surface area contributed by atoms with E-state index >= 15 is 0 Å². The lowest BCUT2D eigenvalue weighted by molar-refractivity contribution is 0.0696. The number of para-hydroxylation sites is 1. The molecule has 2 aromatic rings. The molecule has 0 spiro atoms. The molecule has 17 heavy (non-hydrogen) atoms. The Balaban J connectivity index is 2.67. The van der Waals surface area contributed by atoms with Crippen LogP contribution in [0.3, 0.4) is 0 Å². The number of carboxylic acid groups (broad SMARTS) is 1. The number of carbonyl (C=O) groups is 1. The normalized spacial score (nSPS) is 10.2. The summed E-state index contributed by atoms with van der Waals surface area (Å²) in [7, 11) is 0. The minimum absolute atomic E-state index is 0.0698. The second kappa shape index (κ2) is 4.55. The Morgan fingerprint density at radius 1 is 1.18 bits per heavy atom. The van der Waals surface area contributed by atoms with Crippen molar-refractivity contribution in [1.29, 1.82) is 0 Å². The van der Waals surface area contributed by atoms with Crippen molar-refractivity contribution in [3.63, 3.8) is 0 Å². The molecule has 1 N–H and O–H groups in total. The molecule has 1 aromatic heterocycles. The van der Waals surface area contributed by atoms with Crippen LogP contribution in [0.4, 0.5) is 0 Å². The Kier molecular flexibility index (Phi) is 3.10. The molecule has 0 fully saturated rings. The lowest BCUT2D eigenvalue weighted by Crippen LogP contribution is -2.18. The maximum absolute atomic E-state index is 11.7. The first-order valence-corrected chi connectivity index (χ1v) is 5.60. The highest BCUT2D eigenvalue weighted by Gasteiger charge is 2.08. The standard InChI is InChI=1S/C12H8BrNO3/c13-9-3-1-2-4-10(9)14-7-8(12(16)17)5-6-11(14)15/h1-7H,(H,16,17). The lowest BCUT2D eigenvalue weighted by Gasteiger charge is -2.08. The molecule has 0 saturated heterocycles. The van der Waals surface area contributed by atoms with Gasteiger partial charge in [0, 0.05) is 16.7 Å². The summed E-state index contributed by atoms with van der Waals surface area (Å²) < 4.78 is 2.03. The Morgan fingerprint density at radius 3 is 2.53 bits per heavy atom. The maximum Gasteiger partial charge on any atom is 0.337 e. The second-order valence-electron chi connectivity index (χ2n) is 3.38. The third-order valence-corrected chi connectivity index (χ3v) is 2.94. The van der Waals surface area contributed by atoms with Crippen LogP contribution in [0.25, 0.3) is 5.69 Å². The smallest absolute Gasteiger partial charge is 0.337 e. The van der Waals surface area contributed by atoms with Gasteiger partial charge in [0.25, 0.3) is 5.56 Å². The summed E-state index contributed by atoms with van der Waals surface area (Å²) in [5.74, 6) is -1.06. The molecule has 0 amide bonds. The lowest BCUT2D eigenvalue weighted by atomic mass is 10.2. The number of halogens is 1. The summed E-state index contributed by atoms with van der Waals surface area (Å²) in [6, 6.07) is 9.65. The summed E-state index contributed by atoms with van der Waals surface area (Å²) in [5, 5.41) is 8.89. The molecule has 0 radical (unpaired) electrons. The summed E-state index contributed by atoms with van der Waals surface area (Å²) >= 11 is 3.32. The van der Waals surface area contributed by atoms with Crippen LogP contribution in [-0.2, 0) is 0 Å². The van der Waals surface area contributed by atoms with Gasteiger partial charge in [-0.3, -0.25) is 9.36 Å². The zero-order valence-electron chi connectivity index (χ0n) is 8.63. The van der Waals surface area contributed by atoms with Crippen LogP contribution in [0.15, 0.2) is 51.9 Å². The molecule has 0 aliphatic rings. The third kappa shape index (κ3) is 2.29. The van der Waals surface area contributed by atoms with Crippen LogP contribution in [0.1, 0.15) is 10.4 Å². The van der Waals surface area contributed by atoms with Crippen molar-refractivity contribution >= 4 is 21.9 Å². The number of pyridine rings is 1. The Morgan fingerprint density at radius 2 is 1.88 bits per heavy atom. The van der Waals surface area contributed by atoms with Crippen LogP contribution < -0.4 is 5.56 Å². The van der Waals surface area contributed by atoms with Crippen LogP contribution in [0.5, 0.6) is 0 Å². The van der Waals surface area contributed by atoms with Crippen molar-refractivity contribution in [3.05, 3.63) is 63.0 Å². The number of rotatable bonds is 2. The molecule has 1 aromatic carbocycles. The van der Waals surface area contributed by atoms with E-state index in [9.17, 15) is 9.59 Å². The van der Waals surface area contributed by atoms with Crippen LogP contribution in [0, 0.1) is 0 Å². The SMILES string of the molecule is O=C(O)c1ccc(=O)n(-c2ccccc2Br)c1. The largest absolute Gasteiger partial charge is 0.478 e. The number of benzene rings is 1. The minimum Gasteiger partial charge on any atom is -0.478 e. The average molecular weight is 294 g/mol. The van der Waals surface area contributed by atoms with Gasteiger partial charge in [0.2, 0.25) is 0 Å². The van der Waals surface area contributed by atoms with E-state index in [-0.39, 0.29) is 11.1 Å². The molecule has 1 heterocycles. The van der Waals surface area contributed by atoms with Crippen LogP contribution >= 0.6 is 15.9 Å². The molecule has 5 heteroatoms. The zero-order valence-corrected chi connectivity index (χ0v) is 10.2. The van der Waals surface area contributed by atoms with Crippen LogP contribution in [0.2, 0.25) is 0 Å². The topological polar surface area (TPSA) is 59.3 Å². The van der Waals surface area contributed by atoms with Gasteiger partial charge in [-0.25, -0.2) is 4.79 Å². The van der Waals surface area contributed by atoms with Crippen molar-refractivity contribution in [2.24, 2.45) is 0 Å². The first-order chi connectivity index (χ1) is 8.09. The van der Waals surface area contributed by atoms with E-state index in [2.05, 4.69) is 15.9 Å². The van der Waals surface area contributed by atoms with Gasteiger partial charge >= 0.3 is 5.97 Å². The fraction of sp³-hybridized carbons (Fsp3) is 0. The van der Waals surface area contributed by atoms with Gasteiger partial charge in [0.05, 0.1) is 11.3 Å². The fourth-order valence-corrected chi connectivity index (χ4v) is 1.92. The predicted octanol–water partition coefficient (Wildman–Crippen LogP) is 2.30. The third-order valence-electron chi connectivity index (χ3n) is 2.27. The van der Waals surface area contributed by atoms with Gasteiger partial charge in [-0.15, -0.1) is 0 Å². The Bertz CT molecular complexity index is 634. The average Bonchev–Trinajstić information content (AvgIpc) is 2.30. The van der Waals surface area contributed by atoms with Gasteiger partial charge in [-0.2, -0.15) is 0 Å². The first-order valence-electron chi connectivity index (χ1n) is 4.80. The van der Waals surface area contributed by atoms with Gasteiger partial charge in [0.1, 0.15) is 0 Å². The van der Waals surface area contributed by atoms with Gasteiger partial charge in [0.15, 0.2) is 0 Å². The summed E-state index contributed by atoms with van der Waals surface area (Å²) in [5.41, 5.74) is 0.405. The van der Waals surface area contributed by atoms with E-state index in [1.165, 1.54) is 22.9 Å². The minimum atomic E-state index is -1.06. The van der Waals surface area contributed by atoms with Gasteiger partial charge in [-0.05, 0) is 34.1 Å². The Hall–Kier alpha value is -1.88. The van der Waals surface area contributed by atoms with Gasteiger partial charge in [-0.1, -0.05) is 12.1 Å². The Labute approximate surface area is 105 Å². The number of hydrogen-bond acceptors (Lipinski definition) is 2. The molecule has 0 bridgehead atoms. The van der Waals surface area contributed by atoms with Gasteiger partial charge < -0.3 is 5.11 Å². The van der Waals surface area contributed by atoms with Crippen molar-refractivity contribution in [2.45, 2.75) is 0 Å². The molecule has 0 aliphatic heterocycles. The summed E-state index contributed by atoms with van der Waals surface area (Å²) in [6.07, 6.45) is 1.31. The van der Waals surface area contributed by atoms with Crippen molar-refractivity contribution in [1.82, 2.24) is 4.57 Å². The molecule has 0 saturated carbocycles. The van der Waals surface area contributed by atoms with E-state index in [0.717, 1.165) is 4.47 Å². The zero-order chi connectivity index (χ0) is 12.4. The molecular formula is C12H8BrNO3. The number of nitrogens with zero attached hydrogens (tertiary/aromatic N) is 1. The van der Waals surface area contributed by atoms with E-state index in [4.69, 9.17) is 5.11 Å². The summed E-state index contributed by atoms with van der Waals surface area (Å²) in [4.78, 5) is 22.5. The van der Waals surface area contributed by atoms with Crippen molar-refractivity contribution in [3.8, 4) is 5.69 Å². The predicted molar refractivity (Wildman–Crippen MR) is 66.7 cm³/mol. The van der Waals surface area contributed by atoms with Crippen molar-refractivity contribution in [2.75, 3.05) is 0 Å². The monoisotopic (exact) mass is 293 g/mol. The van der Waals surface area contributed by atoms with E-state index in [0.29, 0.717) is 5.69 Å². The number of aromatic nitrogens is 1. The highest BCUT2D eigenvalue weighted by atomic mass is 79.9. The molecule has 86 valence electrons. The number of carboxylic acids is 1. The van der Waals surface area contributed by atoms with Crippen molar-refractivity contribution < 1.29 is 9.90 Å². The molecule has 0 aliphatic carbocycles. The molecular weight excluding hydrogens is 286 g/mol. The fourth-order valence-electron chi connectivity index (χ4n) is 1.45. The summed E-state index contributed by atoms with van der Waals surface area (Å²) in [6.45, 7) is 0. The molecule has 2 rings (SSSR count). The van der Waals surface area contributed by atoms with E-state index in [1.54, 1.807) is 18.2 Å². The van der Waals surface area contributed by atoms with E-state index < -0.39 is 5.97 Å². The number of aromatic carboxylic acids is 1.